The summed E-state index contributed by atoms with van der Waals surface area (Å²) in [5.41, 5.74) is -1.51. The van der Waals surface area contributed by atoms with Crippen LogP contribution in [0.2, 0.25) is 0 Å². The van der Waals surface area contributed by atoms with Gasteiger partial charge in [-0.05, 0) is 11.8 Å². The maximum atomic E-state index is 12.5. The highest BCUT2D eigenvalue weighted by Crippen LogP contribution is 2.30. The third-order valence-corrected chi connectivity index (χ3v) is 2.28. The third-order valence-electron chi connectivity index (χ3n) is 2.28. The van der Waals surface area contributed by atoms with Crippen molar-refractivity contribution in [3.05, 3.63) is 17.5 Å². The molecule has 96 valence electrons. The topological polar surface area (TPSA) is 34.9 Å². The molecule has 0 N–H and O–H groups in total. The summed E-state index contributed by atoms with van der Waals surface area (Å²) in [7, 11) is 0. The van der Waals surface area contributed by atoms with Gasteiger partial charge in [0.25, 0.3) is 0 Å². The first-order valence-electron chi connectivity index (χ1n) is 5.23. The van der Waals surface area contributed by atoms with Crippen molar-refractivity contribution in [2.45, 2.75) is 39.9 Å². The lowest BCUT2D eigenvalue weighted by Gasteiger charge is -2.17. The first kappa shape index (κ1) is 13.7. The van der Waals surface area contributed by atoms with E-state index in [1.54, 1.807) is 0 Å². The van der Waals surface area contributed by atoms with Gasteiger partial charge >= 0.3 is 6.18 Å². The van der Waals surface area contributed by atoms with Gasteiger partial charge < -0.3 is 0 Å². The zero-order valence-corrected chi connectivity index (χ0v) is 10.0. The van der Waals surface area contributed by atoms with Gasteiger partial charge in [0.15, 0.2) is 12.0 Å². The average Bonchev–Trinajstić information content (AvgIpc) is 2.56. The van der Waals surface area contributed by atoms with Gasteiger partial charge in [0, 0.05) is 12.7 Å². The van der Waals surface area contributed by atoms with E-state index in [0.717, 1.165) is 6.20 Å². The monoisotopic (exact) mass is 248 g/mol. The van der Waals surface area contributed by atoms with Crippen LogP contribution in [-0.2, 0) is 12.7 Å². The number of hydrogen-bond acceptors (Lipinski definition) is 2. The van der Waals surface area contributed by atoms with Gasteiger partial charge in [-0.25, -0.2) is 0 Å². The third kappa shape index (κ3) is 3.87. The molecular formula is C11H15F3N2O. The molecule has 0 spiro atoms. The van der Waals surface area contributed by atoms with Crippen LogP contribution < -0.4 is 0 Å². The molecule has 0 unspecified atom stereocenters. The van der Waals surface area contributed by atoms with Crippen molar-refractivity contribution in [2.75, 3.05) is 0 Å². The Morgan fingerprint density at radius 3 is 2.29 bits per heavy atom. The van der Waals surface area contributed by atoms with Crippen LogP contribution in [0.1, 0.15) is 43.2 Å². The summed E-state index contributed by atoms with van der Waals surface area (Å²) in [6.07, 6.45) is -2.57. The van der Waals surface area contributed by atoms with Crippen LogP contribution in [0.15, 0.2) is 6.20 Å². The fraction of sp³-hybridized carbons (Fsp3) is 0.636. The highest BCUT2D eigenvalue weighted by Gasteiger charge is 2.37. The standard InChI is InChI=1S/C11H15F3N2O/c1-10(2,3)4-5-16-6-8(7-17)9(15-16)11(12,13)14/h6-7H,4-5H2,1-3H3. The summed E-state index contributed by atoms with van der Waals surface area (Å²) in [6, 6.07) is 0. The molecule has 0 atom stereocenters. The molecule has 0 amide bonds. The quantitative estimate of drug-likeness (QED) is 0.770. The summed E-state index contributed by atoms with van der Waals surface area (Å²) >= 11 is 0. The van der Waals surface area contributed by atoms with E-state index in [1.807, 2.05) is 20.8 Å². The predicted octanol–water partition coefficient (Wildman–Crippen LogP) is 3.15. The largest absolute Gasteiger partial charge is 0.435 e. The van der Waals surface area contributed by atoms with E-state index in [1.165, 1.54) is 4.68 Å². The Labute approximate surface area is 97.6 Å². The molecule has 0 aliphatic carbocycles. The van der Waals surface area contributed by atoms with Gasteiger partial charge in [-0.3, -0.25) is 9.48 Å². The van der Waals surface area contributed by atoms with Gasteiger partial charge in [0.05, 0.1) is 5.56 Å². The lowest BCUT2D eigenvalue weighted by Crippen LogP contribution is -2.12. The molecular weight excluding hydrogens is 233 g/mol. The summed E-state index contributed by atoms with van der Waals surface area (Å²) in [5, 5.41) is 3.42. The summed E-state index contributed by atoms with van der Waals surface area (Å²) in [5.74, 6) is 0. The Kier molecular flexibility index (Phi) is 3.64. The second-order valence-corrected chi connectivity index (χ2v) is 5.12. The number of halogens is 3. The minimum Gasteiger partial charge on any atom is -0.298 e. The van der Waals surface area contributed by atoms with Crippen LogP contribution in [0, 0.1) is 5.41 Å². The van der Waals surface area contributed by atoms with Crippen molar-refractivity contribution in [2.24, 2.45) is 5.41 Å². The number of nitrogens with zero attached hydrogens (tertiary/aromatic N) is 2. The van der Waals surface area contributed by atoms with Gasteiger partial charge in [0.1, 0.15) is 0 Å². The minimum atomic E-state index is -4.58. The zero-order valence-electron chi connectivity index (χ0n) is 10.0. The SMILES string of the molecule is CC(C)(C)CCn1cc(C=O)c(C(F)(F)F)n1. The van der Waals surface area contributed by atoms with Crippen LogP contribution in [0.3, 0.4) is 0 Å². The number of aryl methyl sites for hydroxylation is 1. The molecule has 0 bridgehead atoms. The molecule has 1 aromatic heterocycles. The Bertz CT molecular complexity index is 402. The van der Waals surface area contributed by atoms with E-state index < -0.39 is 17.4 Å². The zero-order chi connectivity index (χ0) is 13.3. The molecule has 6 heteroatoms. The first-order chi connectivity index (χ1) is 7.63. The molecule has 1 aromatic rings. The lowest BCUT2D eigenvalue weighted by molar-refractivity contribution is -0.141. The number of aromatic nitrogens is 2. The van der Waals surface area contributed by atoms with Crippen molar-refractivity contribution in [1.29, 1.82) is 0 Å². The van der Waals surface area contributed by atoms with Crippen LogP contribution >= 0.6 is 0 Å². The van der Waals surface area contributed by atoms with Gasteiger partial charge in [0.2, 0.25) is 0 Å². The van der Waals surface area contributed by atoms with Crippen molar-refractivity contribution < 1.29 is 18.0 Å². The number of carbonyl (C=O) groups excluding carboxylic acids is 1. The maximum absolute atomic E-state index is 12.5. The molecule has 0 aliphatic rings. The van der Waals surface area contributed by atoms with Crippen LogP contribution in [-0.4, -0.2) is 16.1 Å². The van der Waals surface area contributed by atoms with Crippen molar-refractivity contribution in [1.82, 2.24) is 9.78 Å². The molecule has 0 fully saturated rings. The minimum absolute atomic E-state index is 0.00564. The van der Waals surface area contributed by atoms with E-state index in [9.17, 15) is 18.0 Å². The predicted molar refractivity (Wildman–Crippen MR) is 56.7 cm³/mol. The van der Waals surface area contributed by atoms with E-state index >= 15 is 0 Å². The maximum Gasteiger partial charge on any atom is 0.435 e. The Morgan fingerprint density at radius 1 is 1.35 bits per heavy atom. The normalized spacial score (nSPS) is 12.8. The van der Waals surface area contributed by atoms with Crippen LogP contribution in [0.4, 0.5) is 13.2 Å². The Morgan fingerprint density at radius 2 is 1.94 bits per heavy atom. The lowest BCUT2D eigenvalue weighted by atomic mass is 9.92. The molecule has 0 aromatic carbocycles. The number of alkyl halides is 3. The second-order valence-electron chi connectivity index (χ2n) is 5.12. The number of carbonyl (C=O) groups is 1. The van der Waals surface area contributed by atoms with Crippen LogP contribution in [0.25, 0.3) is 0 Å². The van der Waals surface area contributed by atoms with E-state index in [2.05, 4.69) is 5.10 Å². The summed E-state index contributed by atoms with van der Waals surface area (Å²) in [4.78, 5) is 10.5. The molecule has 0 aliphatic heterocycles. The Hall–Kier alpha value is -1.33. The Balaban J connectivity index is 2.90. The number of hydrogen-bond donors (Lipinski definition) is 0. The van der Waals surface area contributed by atoms with E-state index in [4.69, 9.17) is 0 Å². The van der Waals surface area contributed by atoms with Gasteiger partial charge in [-0.15, -0.1) is 0 Å². The molecule has 1 rings (SSSR count). The smallest absolute Gasteiger partial charge is 0.298 e. The average molecular weight is 248 g/mol. The second kappa shape index (κ2) is 4.50. The fourth-order valence-electron chi connectivity index (χ4n) is 1.31. The molecule has 0 radical (unpaired) electrons. The van der Waals surface area contributed by atoms with Gasteiger partial charge in [-0.2, -0.15) is 18.3 Å². The number of aldehydes is 1. The van der Waals surface area contributed by atoms with Crippen molar-refractivity contribution in [3.8, 4) is 0 Å². The first-order valence-corrected chi connectivity index (χ1v) is 5.23. The van der Waals surface area contributed by atoms with E-state index in [-0.39, 0.29) is 11.7 Å². The fourth-order valence-corrected chi connectivity index (χ4v) is 1.31. The molecule has 1 heterocycles. The molecule has 0 saturated carbocycles. The summed E-state index contributed by atoms with van der Waals surface area (Å²) in [6.45, 7) is 6.33. The molecule has 0 saturated heterocycles. The van der Waals surface area contributed by atoms with Crippen molar-refractivity contribution in [3.63, 3.8) is 0 Å². The number of rotatable bonds is 3. The molecule has 17 heavy (non-hydrogen) atoms. The van der Waals surface area contributed by atoms with Gasteiger partial charge in [-0.1, -0.05) is 20.8 Å². The van der Waals surface area contributed by atoms with Crippen LogP contribution in [0.5, 0.6) is 0 Å². The molecule has 3 nitrogen and oxygen atoms in total. The van der Waals surface area contributed by atoms with Crippen molar-refractivity contribution >= 4 is 6.29 Å². The van der Waals surface area contributed by atoms with E-state index in [0.29, 0.717) is 13.0 Å². The highest BCUT2D eigenvalue weighted by atomic mass is 19.4. The highest BCUT2D eigenvalue weighted by molar-refractivity contribution is 5.76. The summed E-state index contributed by atoms with van der Waals surface area (Å²) < 4.78 is 38.6.